The molecule has 1 aromatic rings. The van der Waals surface area contributed by atoms with E-state index in [0.29, 0.717) is 18.0 Å². The number of anilines is 2. The fourth-order valence-electron chi connectivity index (χ4n) is 2.12. The molecule has 1 heterocycles. The van der Waals surface area contributed by atoms with Crippen LogP contribution in [0.4, 0.5) is 17.1 Å². The van der Waals surface area contributed by atoms with Crippen molar-refractivity contribution in [1.82, 2.24) is 0 Å². The van der Waals surface area contributed by atoms with Crippen LogP contribution in [-0.4, -0.2) is 43.0 Å². The second-order valence-electron chi connectivity index (χ2n) is 4.59. The molecule has 1 aliphatic heterocycles. The number of nitrogens with zero attached hydrogens (tertiary/aromatic N) is 2. The number of rotatable bonds is 3. The number of nitro benzene ring substituents is 1. The van der Waals surface area contributed by atoms with Crippen molar-refractivity contribution in [2.24, 2.45) is 0 Å². The highest BCUT2D eigenvalue weighted by atomic mass is 32.2. The summed E-state index contributed by atoms with van der Waals surface area (Å²) in [5.74, 6) is 1.22. The highest BCUT2D eigenvalue weighted by Gasteiger charge is 2.31. The summed E-state index contributed by atoms with van der Waals surface area (Å²) < 4.78 is 23.7. The number of benzene rings is 1. The molecule has 1 aromatic carbocycles. The number of nitrogen functional groups attached to an aromatic ring is 1. The minimum atomic E-state index is -3.27. The van der Waals surface area contributed by atoms with E-state index in [9.17, 15) is 18.5 Å². The quantitative estimate of drug-likeness (QED) is 0.505. The molecule has 0 saturated carbocycles. The summed E-state index contributed by atoms with van der Waals surface area (Å²) in [6.07, 6.45) is 1.18. The summed E-state index contributed by atoms with van der Waals surface area (Å²) in [5, 5.41) is 10.2. The van der Waals surface area contributed by atoms with E-state index in [1.165, 1.54) is 18.4 Å². The Hall–Kier alpha value is -1.48. The Bertz CT molecular complexity index is 633. The lowest BCUT2D eigenvalue weighted by molar-refractivity contribution is -0.384. The van der Waals surface area contributed by atoms with E-state index in [4.69, 9.17) is 5.73 Å². The van der Waals surface area contributed by atoms with Gasteiger partial charge in [0.2, 0.25) is 0 Å². The average molecular weight is 317 g/mol. The van der Waals surface area contributed by atoms with Gasteiger partial charge in [0.05, 0.1) is 4.92 Å². The molecule has 0 radical (unpaired) electrons. The van der Waals surface area contributed by atoms with E-state index in [2.05, 4.69) is 0 Å². The Labute approximate surface area is 121 Å². The monoisotopic (exact) mass is 317 g/mol. The van der Waals surface area contributed by atoms with Gasteiger partial charge in [0.15, 0.2) is 9.84 Å². The van der Waals surface area contributed by atoms with Gasteiger partial charge in [-0.25, -0.2) is 8.42 Å². The number of nitrogens with two attached hydrogens (primary N) is 1. The maximum absolute atomic E-state index is 11.9. The zero-order chi connectivity index (χ0) is 14.9. The van der Waals surface area contributed by atoms with E-state index >= 15 is 0 Å². The molecular weight excluding hydrogens is 302 g/mol. The third-order valence-corrected chi connectivity index (χ3v) is 5.69. The number of nitro groups is 1. The predicted molar refractivity (Wildman–Crippen MR) is 80.8 cm³/mol. The summed E-state index contributed by atoms with van der Waals surface area (Å²) in [5.41, 5.74) is 6.27. The Kier molecular flexibility index (Phi) is 4.09. The second-order valence-corrected chi connectivity index (χ2v) is 7.95. The minimum absolute atomic E-state index is 0.134. The van der Waals surface area contributed by atoms with Gasteiger partial charge in [-0.2, -0.15) is 11.8 Å². The Balaban J connectivity index is 2.45. The van der Waals surface area contributed by atoms with Gasteiger partial charge < -0.3 is 10.6 Å². The van der Waals surface area contributed by atoms with Crippen molar-refractivity contribution in [2.45, 2.75) is 5.37 Å². The molecule has 2 rings (SSSR count). The molecule has 7 nitrogen and oxygen atoms in total. The van der Waals surface area contributed by atoms with Crippen molar-refractivity contribution in [3.63, 3.8) is 0 Å². The zero-order valence-corrected chi connectivity index (χ0v) is 12.5. The number of hydrogen-bond donors (Lipinski definition) is 1. The molecular formula is C11H15N3O4S2. The van der Waals surface area contributed by atoms with Crippen LogP contribution in [0.5, 0.6) is 0 Å². The summed E-state index contributed by atoms with van der Waals surface area (Å²) in [6, 6.07) is 4.20. The predicted octanol–water partition coefficient (Wildman–Crippen LogP) is 1.10. The standard InChI is InChI=1S/C11H15N3O4S2/c1-20(17,18)11-7-19-3-2-13(11)9-4-8(12)5-10(6-9)14(15)16/h4-6,11H,2-3,7,12H2,1H3. The summed E-state index contributed by atoms with van der Waals surface area (Å²) >= 11 is 1.56. The van der Waals surface area contributed by atoms with Crippen LogP contribution < -0.4 is 10.6 Å². The molecule has 2 N–H and O–H groups in total. The number of thioether (sulfide) groups is 1. The Morgan fingerprint density at radius 2 is 2.15 bits per heavy atom. The SMILES string of the molecule is CS(=O)(=O)C1CSCCN1c1cc(N)cc([N+](=O)[O-])c1. The summed E-state index contributed by atoms with van der Waals surface area (Å²) in [6.45, 7) is 0.517. The molecule has 110 valence electrons. The second kappa shape index (κ2) is 5.49. The van der Waals surface area contributed by atoms with E-state index < -0.39 is 20.1 Å². The largest absolute Gasteiger partial charge is 0.398 e. The maximum Gasteiger partial charge on any atom is 0.273 e. The van der Waals surface area contributed by atoms with Crippen LogP contribution >= 0.6 is 11.8 Å². The maximum atomic E-state index is 11.9. The average Bonchev–Trinajstić information content (AvgIpc) is 2.37. The van der Waals surface area contributed by atoms with Crippen molar-refractivity contribution >= 4 is 38.7 Å². The van der Waals surface area contributed by atoms with Gasteiger partial charge in [0.25, 0.3) is 5.69 Å². The van der Waals surface area contributed by atoms with Crippen LogP contribution in [0.3, 0.4) is 0 Å². The summed E-state index contributed by atoms with van der Waals surface area (Å²) in [4.78, 5) is 12.0. The van der Waals surface area contributed by atoms with Crippen LogP contribution in [0.2, 0.25) is 0 Å². The fraction of sp³-hybridized carbons (Fsp3) is 0.455. The van der Waals surface area contributed by atoms with Crippen molar-refractivity contribution in [3.8, 4) is 0 Å². The lowest BCUT2D eigenvalue weighted by atomic mass is 10.2. The van der Waals surface area contributed by atoms with Crippen molar-refractivity contribution in [3.05, 3.63) is 28.3 Å². The first kappa shape index (κ1) is 14.9. The van der Waals surface area contributed by atoms with Crippen LogP contribution in [-0.2, 0) is 9.84 Å². The fourth-order valence-corrected chi connectivity index (χ4v) is 4.96. The van der Waals surface area contributed by atoms with Crippen LogP contribution in [0.1, 0.15) is 0 Å². The van der Waals surface area contributed by atoms with Gasteiger partial charge in [-0.1, -0.05) is 0 Å². The van der Waals surface area contributed by atoms with Crippen molar-refractivity contribution in [2.75, 3.05) is 34.9 Å². The molecule has 0 aliphatic carbocycles. The zero-order valence-electron chi connectivity index (χ0n) is 10.9. The van der Waals surface area contributed by atoms with Gasteiger partial charge in [0.1, 0.15) is 5.37 Å². The van der Waals surface area contributed by atoms with Gasteiger partial charge >= 0.3 is 0 Å². The van der Waals surface area contributed by atoms with Gasteiger partial charge in [0, 0.05) is 47.8 Å². The van der Waals surface area contributed by atoms with E-state index in [0.717, 1.165) is 5.75 Å². The lowest BCUT2D eigenvalue weighted by Crippen LogP contribution is -2.47. The van der Waals surface area contributed by atoms with Crippen molar-refractivity contribution < 1.29 is 13.3 Å². The highest BCUT2D eigenvalue weighted by Crippen LogP contribution is 2.31. The van der Waals surface area contributed by atoms with Crippen LogP contribution in [0.15, 0.2) is 18.2 Å². The highest BCUT2D eigenvalue weighted by molar-refractivity contribution is 8.01. The number of hydrogen-bond acceptors (Lipinski definition) is 7. The molecule has 0 aromatic heterocycles. The molecule has 1 aliphatic rings. The minimum Gasteiger partial charge on any atom is -0.398 e. The first-order chi connectivity index (χ1) is 9.29. The topological polar surface area (TPSA) is 107 Å². The number of sulfone groups is 1. The molecule has 1 unspecified atom stereocenters. The molecule has 0 amide bonds. The van der Waals surface area contributed by atoms with E-state index in [-0.39, 0.29) is 11.4 Å². The Morgan fingerprint density at radius 1 is 1.45 bits per heavy atom. The first-order valence-corrected chi connectivity index (χ1v) is 8.98. The molecule has 20 heavy (non-hydrogen) atoms. The van der Waals surface area contributed by atoms with E-state index in [1.807, 2.05) is 0 Å². The van der Waals surface area contributed by atoms with Gasteiger partial charge in [-0.3, -0.25) is 10.1 Å². The first-order valence-electron chi connectivity index (χ1n) is 5.87. The summed E-state index contributed by atoms with van der Waals surface area (Å²) in [7, 11) is -3.27. The normalized spacial score (nSPS) is 19.9. The Morgan fingerprint density at radius 3 is 2.75 bits per heavy atom. The van der Waals surface area contributed by atoms with Gasteiger partial charge in [-0.05, 0) is 6.07 Å². The molecule has 1 atom stereocenters. The van der Waals surface area contributed by atoms with Crippen LogP contribution in [0.25, 0.3) is 0 Å². The van der Waals surface area contributed by atoms with E-state index in [1.54, 1.807) is 22.7 Å². The van der Waals surface area contributed by atoms with Crippen LogP contribution in [0, 0.1) is 10.1 Å². The smallest absolute Gasteiger partial charge is 0.273 e. The molecule has 0 spiro atoms. The lowest BCUT2D eigenvalue weighted by Gasteiger charge is -2.35. The molecule has 0 bridgehead atoms. The third-order valence-electron chi connectivity index (χ3n) is 3.05. The van der Waals surface area contributed by atoms with Gasteiger partial charge in [-0.15, -0.1) is 0 Å². The third kappa shape index (κ3) is 3.15. The molecule has 1 fully saturated rings. The molecule has 9 heteroatoms. The molecule has 1 saturated heterocycles. The number of non-ortho nitro benzene ring substituents is 1. The van der Waals surface area contributed by atoms with Crippen molar-refractivity contribution in [1.29, 1.82) is 0 Å².